The van der Waals surface area contributed by atoms with Gasteiger partial charge in [-0.1, -0.05) is 30.0 Å². The van der Waals surface area contributed by atoms with Crippen molar-refractivity contribution in [1.82, 2.24) is 25.0 Å². The van der Waals surface area contributed by atoms with Crippen LogP contribution in [-0.2, 0) is 11.2 Å². The van der Waals surface area contributed by atoms with E-state index in [0.29, 0.717) is 5.13 Å². The van der Waals surface area contributed by atoms with Crippen molar-refractivity contribution < 1.29 is 4.79 Å². The number of aromatic nitrogens is 5. The van der Waals surface area contributed by atoms with Crippen molar-refractivity contribution in [1.29, 1.82) is 0 Å². The highest BCUT2D eigenvalue weighted by atomic mass is 32.2. The zero-order valence-electron chi connectivity index (χ0n) is 15.9. The molecule has 1 N–H and O–H groups in total. The lowest BCUT2D eigenvalue weighted by Gasteiger charge is -2.13. The highest BCUT2D eigenvalue weighted by Gasteiger charge is 2.20. The van der Waals surface area contributed by atoms with E-state index in [-0.39, 0.29) is 17.7 Å². The third-order valence-electron chi connectivity index (χ3n) is 4.06. The van der Waals surface area contributed by atoms with E-state index in [1.54, 1.807) is 11.3 Å². The molecule has 0 aliphatic heterocycles. The molecule has 27 heavy (non-hydrogen) atoms. The summed E-state index contributed by atoms with van der Waals surface area (Å²) < 4.78 is 2.09. The molecule has 144 valence electrons. The first-order valence-corrected chi connectivity index (χ1v) is 11.3. The Morgan fingerprint density at radius 3 is 2.63 bits per heavy atom. The van der Waals surface area contributed by atoms with E-state index in [1.807, 2.05) is 6.92 Å². The number of hydrogen-bond donors (Lipinski definition) is 1. The van der Waals surface area contributed by atoms with Gasteiger partial charge in [0.1, 0.15) is 5.01 Å². The first kappa shape index (κ1) is 20.0. The maximum atomic E-state index is 12.2. The van der Waals surface area contributed by atoms with Gasteiger partial charge in [0.15, 0.2) is 11.0 Å². The van der Waals surface area contributed by atoms with Gasteiger partial charge in [-0.05, 0) is 39.7 Å². The summed E-state index contributed by atoms with van der Waals surface area (Å²) in [6.07, 6.45) is 0.810. The molecular weight excluding hydrogens is 400 g/mol. The fraction of sp³-hybridized carbons (Fsp3) is 0.471. The predicted molar refractivity (Wildman–Crippen MR) is 112 cm³/mol. The monoisotopic (exact) mass is 422 g/mol. The van der Waals surface area contributed by atoms with Gasteiger partial charge in [0.05, 0.1) is 5.75 Å². The largest absolute Gasteiger partial charge is 0.300 e. The zero-order valence-corrected chi connectivity index (χ0v) is 18.4. The number of aryl methyl sites for hydroxylation is 2. The lowest BCUT2D eigenvalue weighted by Crippen LogP contribution is -2.15. The molecule has 0 saturated carbocycles. The predicted octanol–water partition coefficient (Wildman–Crippen LogP) is 4.35. The van der Waals surface area contributed by atoms with E-state index >= 15 is 0 Å². The highest BCUT2D eigenvalue weighted by Crippen LogP contribution is 2.33. The maximum Gasteiger partial charge on any atom is 0.236 e. The van der Waals surface area contributed by atoms with Crippen molar-refractivity contribution in [3.63, 3.8) is 0 Å². The minimum atomic E-state index is -0.124. The molecule has 3 aromatic rings. The van der Waals surface area contributed by atoms with E-state index in [9.17, 15) is 4.79 Å². The number of rotatable bonds is 7. The fourth-order valence-corrected chi connectivity index (χ4v) is 4.92. The SMILES string of the molecule is CCc1nnc(NC(=O)CSc2nnc(-c3csc(C)c3C)n2C(C)C)s1. The van der Waals surface area contributed by atoms with Crippen molar-refractivity contribution in [2.75, 3.05) is 11.1 Å². The van der Waals surface area contributed by atoms with Crippen LogP contribution in [-0.4, -0.2) is 36.6 Å². The van der Waals surface area contributed by atoms with Gasteiger partial charge < -0.3 is 0 Å². The molecule has 0 aromatic carbocycles. The van der Waals surface area contributed by atoms with Crippen LogP contribution in [0.3, 0.4) is 0 Å². The Bertz CT molecular complexity index is 943. The number of hydrogen-bond acceptors (Lipinski definition) is 8. The second kappa shape index (κ2) is 8.49. The summed E-state index contributed by atoms with van der Waals surface area (Å²) in [5, 5.41) is 23.8. The summed E-state index contributed by atoms with van der Waals surface area (Å²) in [5.41, 5.74) is 2.34. The number of nitrogens with zero attached hydrogens (tertiary/aromatic N) is 5. The minimum Gasteiger partial charge on any atom is -0.300 e. The van der Waals surface area contributed by atoms with Gasteiger partial charge in [-0.25, -0.2) is 0 Å². The smallest absolute Gasteiger partial charge is 0.236 e. The molecule has 0 radical (unpaired) electrons. The van der Waals surface area contributed by atoms with Crippen molar-refractivity contribution in [2.24, 2.45) is 0 Å². The molecule has 0 saturated heterocycles. The van der Waals surface area contributed by atoms with Gasteiger partial charge >= 0.3 is 0 Å². The summed E-state index contributed by atoms with van der Waals surface area (Å²) in [6.45, 7) is 10.4. The molecule has 3 aromatic heterocycles. The van der Waals surface area contributed by atoms with Gasteiger partial charge in [-0.2, -0.15) is 0 Å². The Hall–Kier alpha value is -1.78. The number of amides is 1. The van der Waals surface area contributed by atoms with Crippen LogP contribution in [0, 0.1) is 13.8 Å². The lowest BCUT2D eigenvalue weighted by molar-refractivity contribution is -0.113. The first-order valence-electron chi connectivity index (χ1n) is 8.65. The first-order chi connectivity index (χ1) is 12.9. The number of thioether (sulfide) groups is 1. The average molecular weight is 423 g/mol. The van der Waals surface area contributed by atoms with Gasteiger partial charge in [0.2, 0.25) is 11.0 Å². The number of nitrogens with one attached hydrogen (secondary N) is 1. The van der Waals surface area contributed by atoms with E-state index in [4.69, 9.17) is 0 Å². The third-order valence-corrected chi connectivity index (χ3v) is 6.99. The summed E-state index contributed by atoms with van der Waals surface area (Å²) in [4.78, 5) is 13.5. The lowest BCUT2D eigenvalue weighted by atomic mass is 10.1. The Labute approximate surface area is 170 Å². The van der Waals surface area contributed by atoms with Gasteiger partial charge in [0.25, 0.3) is 0 Å². The van der Waals surface area contributed by atoms with Crippen LogP contribution in [0.15, 0.2) is 10.5 Å². The number of carbonyl (C=O) groups is 1. The van der Waals surface area contributed by atoms with Crippen LogP contribution in [0.2, 0.25) is 0 Å². The van der Waals surface area contributed by atoms with Crippen LogP contribution in [0.4, 0.5) is 5.13 Å². The van der Waals surface area contributed by atoms with Crippen LogP contribution < -0.4 is 5.32 Å². The molecule has 3 rings (SSSR count). The normalized spacial score (nSPS) is 11.3. The van der Waals surface area contributed by atoms with Crippen LogP contribution in [0.5, 0.6) is 0 Å². The quantitative estimate of drug-likeness (QED) is 0.570. The molecule has 0 aliphatic carbocycles. The van der Waals surface area contributed by atoms with Crippen LogP contribution in [0.1, 0.15) is 42.3 Å². The number of thiophene rings is 1. The average Bonchev–Trinajstić information content (AvgIpc) is 3.33. The third kappa shape index (κ3) is 4.39. The molecule has 1 amide bonds. The number of carbonyl (C=O) groups excluding carboxylic acids is 1. The molecule has 0 unspecified atom stereocenters. The van der Waals surface area contributed by atoms with E-state index < -0.39 is 0 Å². The molecule has 0 fully saturated rings. The van der Waals surface area contributed by atoms with Crippen molar-refractivity contribution >= 4 is 45.5 Å². The van der Waals surface area contributed by atoms with E-state index in [0.717, 1.165) is 28.0 Å². The molecule has 0 aliphatic rings. The summed E-state index contributed by atoms with van der Waals surface area (Å²) in [7, 11) is 0. The highest BCUT2D eigenvalue weighted by molar-refractivity contribution is 7.99. The van der Waals surface area contributed by atoms with Crippen molar-refractivity contribution in [3.8, 4) is 11.4 Å². The summed E-state index contributed by atoms with van der Waals surface area (Å²) in [5.74, 6) is 0.973. The maximum absolute atomic E-state index is 12.2. The molecule has 10 heteroatoms. The number of anilines is 1. The fourth-order valence-electron chi connectivity index (χ4n) is 2.49. The topological polar surface area (TPSA) is 85.6 Å². The standard InChI is InChI=1S/C17H22N6OS3/c1-6-14-19-21-16(27-14)18-13(24)8-26-17-22-20-15(23(17)9(2)3)12-7-25-11(5)10(12)4/h7,9H,6,8H2,1-5H3,(H,18,21,24). The van der Waals surface area contributed by atoms with Crippen molar-refractivity contribution in [2.45, 2.75) is 52.2 Å². The van der Waals surface area contributed by atoms with E-state index in [1.165, 1.54) is 33.5 Å². The minimum absolute atomic E-state index is 0.124. The van der Waals surface area contributed by atoms with E-state index in [2.05, 4.69) is 63.4 Å². The second-order valence-electron chi connectivity index (χ2n) is 6.29. The molecule has 0 bridgehead atoms. The molecule has 0 spiro atoms. The molecule has 3 heterocycles. The summed E-state index contributed by atoms with van der Waals surface area (Å²) in [6, 6.07) is 0.190. The Kier molecular flexibility index (Phi) is 6.28. The molecule has 7 nitrogen and oxygen atoms in total. The Morgan fingerprint density at radius 2 is 2.04 bits per heavy atom. The van der Waals surface area contributed by atoms with Gasteiger partial charge in [-0.3, -0.25) is 14.7 Å². The Balaban J connectivity index is 1.73. The molecule has 0 atom stereocenters. The second-order valence-corrected chi connectivity index (χ2v) is 9.38. The summed E-state index contributed by atoms with van der Waals surface area (Å²) >= 11 is 4.50. The van der Waals surface area contributed by atoms with Gasteiger partial charge in [0, 0.05) is 21.9 Å². The van der Waals surface area contributed by atoms with Crippen LogP contribution >= 0.6 is 34.4 Å². The Morgan fingerprint density at radius 1 is 1.26 bits per heavy atom. The molecular formula is C17H22N6OS3. The van der Waals surface area contributed by atoms with Crippen LogP contribution in [0.25, 0.3) is 11.4 Å². The van der Waals surface area contributed by atoms with Crippen molar-refractivity contribution in [3.05, 3.63) is 20.8 Å². The van der Waals surface area contributed by atoms with Gasteiger partial charge in [-0.15, -0.1) is 31.7 Å². The zero-order chi connectivity index (χ0) is 19.6.